The van der Waals surface area contributed by atoms with E-state index in [0.717, 1.165) is 19.5 Å². The number of nitrogens with zero attached hydrogens (tertiary/aromatic N) is 2. The molecule has 1 aromatic rings. The second-order valence-corrected chi connectivity index (χ2v) is 11.2. The average molecular weight is 537 g/mol. The van der Waals surface area contributed by atoms with Crippen LogP contribution in [0.2, 0.25) is 0 Å². The van der Waals surface area contributed by atoms with E-state index in [0.29, 0.717) is 52.0 Å². The van der Waals surface area contributed by atoms with E-state index in [4.69, 9.17) is 9.47 Å². The van der Waals surface area contributed by atoms with Gasteiger partial charge in [0.2, 0.25) is 0 Å². The molecule has 0 aliphatic rings. The number of carbonyl (C=O) groups is 3. The molecule has 0 bridgehead atoms. The Morgan fingerprint density at radius 2 is 1.29 bits per heavy atom. The first-order valence-electron chi connectivity index (χ1n) is 13.4. The third-order valence-corrected chi connectivity index (χ3v) is 5.25. The van der Waals surface area contributed by atoms with E-state index in [1.54, 1.807) is 25.7 Å². The van der Waals surface area contributed by atoms with E-state index in [9.17, 15) is 19.5 Å². The summed E-state index contributed by atoms with van der Waals surface area (Å²) in [4.78, 5) is 39.1. The Morgan fingerprint density at radius 1 is 0.763 bits per heavy atom. The highest BCUT2D eigenvalue weighted by Crippen LogP contribution is 2.12. The quantitative estimate of drug-likeness (QED) is 0.267. The fourth-order valence-electron chi connectivity index (χ4n) is 3.53. The maximum atomic E-state index is 12.7. The van der Waals surface area contributed by atoms with Crippen molar-refractivity contribution in [1.82, 2.24) is 20.4 Å². The summed E-state index contributed by atoms with van der Waals surface area (Å²) in [6, 6.07) is 10.1. The van der Waals surface area contributed by atoms with E-state index < -0.39 is 23.4 Å². The molecule has 0 atom stereocenters. The average Bonchev–Trinajstić information content (AvgIpc) is 2.79. The normalized spacial score (nSPS) is 11.5. The van der Waals surface area contributed by atoms with E-state index in [-0.39, 0.29) is 6.09 Å². The van der Waals surface area contributed by atoms with Crippen molar-refractivity contribution >= 4 is 18.3 Å². The van der Waals surface area contributed by atoms with Gasteiger partial charge in [0, 0.05) is 39.3 Å². The van der Waals surface area contributed by atoms with Crippen molar-refractivity contribution in [3.8, 4) is 0 Å². The van der Waals surface area contributed by atoms with Crippen LogP contribution in [0, 0.1) is 0 Å². The SMILES string of the molecule is CC(C)(C)OC(=O)NCCCN(CCCCN(CCCNCc1ccccc1)C(=O)OC(C)(C)C)C(=O)O. The zero-order valence-corrected chi connectivity index (χ0v) is 24.0. The summed E-state index contributed by atoms with van der Waals surface area (Å²) in [7, 11) is 0. The Balaban J connectivity index is 2.43. The van der Waals surface area contributed by atoms with Gasteiger partial charge in [0.1, 0.15) is 11.2 Å². The van der Waals surface area contributed by atoms with Crippen LogP contribution in [0.25, 0.3) is 0 Å². The molecule has 3 N–H and O–H groups in total. The van der Waals surface area contributed by atoms with Gasteiger partial charge in [-0.1, -0.05) is 30.3 Å². The van der Waals surface area contributed by atoms with Crippen LogP contribution in [0.15, 0.2) is 30.3 Å². The number of amides is 3. The molecule has 38 heavy (non-hydrogen) atoms. The summed E-state index contributed by atoms with van der Waals surface area (Å²) in [5.41, 5.74) is 0.0392. The van der Waals surface area contributed by atoms with Gasteiger partial charge in [0.25, 0.3) is 0 Å². The van der Waals surface area contributed by atoms with Crippen LogP contribution in [0.4, 0.5) is 14.4 Å². The van der Waals surface area contributed by atoms with Crippen molar-refractivity contribution in [2.24, 2.45) is 0 Å². The first-order valence-corrected chi connectivity index (χ1v) is 13.4. The number of ether oxygens (including phenoxy) is 2. The monoisotopic (exact) mass is 536 g/mol. The van der Waals surface area contributed by atoms with Gasteiger partial charge >= 0.3 is 18.3 Å². The third kappa shape index (κ3) is 16.7. The van der Waals surface area contributed by atoms with Gasteiger partial charge in [0.15, 0.2) is 0 Å². The van der Waals surface area contributed by atoms with E-state index in [2.05, 4.69) is 22.8 Å². The van der Waals surface area contributed by atoms with Crippen molar-refractivity contribution in [3.05, 3.63) is 35.9 Å². The number of alkyl carbamates (subject to hydrolysis) is 1. The minimum atomic E-state index is -1.00. The maximum absolute atomic E-state index is 12.7. The van der Waals surface area contributed by atoms with Gasteiger partial charge in [-0.2, -0.15) is 0 Å². The predicted octanol–water partition coefficient (Wildman–Crippen LogP) is 5.08. The molecule has 1 rings (SSSR count). The summed E-state index contributed by atoms with van der Waals surface area (Å²) in [6.07, 6.45) is 0.633. The number of rotatable bonds is 15. The van der Waals surface area contributed by atoms with Crippen LogP contribution in [0.1, 0.15) is 72.8 Å². The Labute approximate surface area is 228 Å². The van der Waals surface area contributed by atoms with Crippen molar-refractivity contribution in [1.29, 1.82) is 0 Å². The molecule has 0 saturated heterocycles. The summed E-state index contributed by atoms with van der Waals surface area (Å²) in [5.74, 6) is 0. The fourth-order valence-corrected chi connectivity index (χ4v) is 3.53. The summed E-state index contributed by atoms with van der Waals surface area (Å²) in [6.45, 7) is 14.4. The molecule has 10 heteroatoms. The first kappa shape index (κ1) is 33.0. The van der Waals surface area contributed by atoms with Crippen LogP contribution in [-0.4, -0.2) is 83.7 Å². The standard InChI is InChI=1S/C28H48N4O6/c1-27(2,3)37-24(33)30-17-13-20-31(25(34)35)18-10-11-19-32(26(36)38-28(4,5)6)21-12-16-29-22-23-14-8-7-9-15-23/h7-9,14-15,29H,10-13,16-22H2,1-6H3,(H,30,33)(H,34,35). The van der Waals surface area contributed by atoms with Crippen LogP contribution in [0.3, 0.4) is 0 Å². The van der Waals surface area contributed by atoms with Crippen LogP contribution >= 0.6 is 0 Å². The molecule has 0 fully saturated rings. The molecule has 3 amide bonds. The highest BCUT2D eigenvalue weighted by atomic mass is 16.6. The smallest absolute Gasteiger partial charge is 0.410 e. The summed E-state index contributed by atoms with van der Waals surface area (Å²) >= 11 is 0. The number of unbranched alkanes of at least 4 members (excludes halogenated alkanes) is 1. The largest absolute Gasteiger partial charge is 0.465 e. The Bertz CT molecular complexity index is 836. The van der Waals surface area contributed by atoms with Crippen molar-refractivity contribution in [2.75, 3.05) is 39.3 Å². The number of nitrogens with one attached hydrogen (secondary N) is 2. The molecule has 0 aliphatic heterocycles. The lowest BCUT2D eigenvalue weighted by molar-refractivity contribution is 0.0242. The zero-order chi connectivity index (χ0) is 28.6. The molecule has 0 aliphatic carbocycles. The van der Waals surface area contributed by atoms with Gasteiger partial charge in [-0.3, -0.25) is 0 Å². The Morgan fingerprint density at radius 3 is 1.87 bits per heavy atom. The first-order chi connectivity index (χ1) is 17.8. The molecule has 0 radical (unpaired) electrons. The predicted molar refractivity (Wildman–Crippen MR) is 148 cm³/mol. The number of hydrogen-bond acceptors (Lipinski definition) is 6. The lowest BCUT2D eigenvalue weighted by Crippen LogP contribution is -2.39. The van der Waals surface area contributed by atoms with Crippen LogP contribution in [0.5, 0.6) is 0 Å². The highest BCUT2D eigenvalue weighted by Gasteiger charge is 2.22. The molecule has 0 unspecified atom stereocenters. The summed E-state index contributed by atoms with van der Waals surface area (Å²) < 4.78 is 10.8. The molecular weight excluding hydrogens is 488 g/mol. The maximum Gasteiger partial charge on any atom is 0.410 e. The van der Waals surface area contributed by atoms with Crippen molar-refractivity contribution in [2.45, 2.75) is 85.0 Å². The molecular formula is C28H48N4O6. The topological polar surface area (TPSA) is 120 Å². The lowest BCUT2D eigenvalue weighted by Gasteiger charge is -2.28. The summed E-state index contributed by atoms with van der Waals surface area (Å²) in [5, 5.41) is 15.6. The number of hydrogen-bond donors (Lipinski definition) is 3. The van der Waals surface area contributed by atoms with Crippen molar-refractivity contribution in [3.63, 3.8) is 0 Å². The van der Waals surface area contributed by atoms with Gasteiger partial charge in [-0.05, 0) is 79.3 Å². The lowest BCUT2D eigenvalue weighted by atomic mass is 10.2. The molecule has 10 nitrogen and oxygen atoms in total. The van der Waals surface area contributed by atoms with E-state index >= 15 is 0 Å². The van der Waals surface area contributed by atoms with Gasteiger partial charge < -0.3 is 35.0 Å². The minimum absolute atomic E-state index is 0.300. The molecule has 0 saturated carbocycles. The molecule has 0 heterocycles. The van der Waals surface area contributed by atoms with E-state index in [1.165, 1.54) is 10.5 Å². The number of carboxylic acid groups (broad SMARTS) is 1. The molecule has 1 aromatic carbocycles. The molecule has 0 aromatic heterocycles. The molecule has 216 valence electrons. The second kappa shape index (κ2) is 16.8. The minimum Gasteiger partial charge on any atom is -0.465 e. The Kier molecular flexibility index (Phi) is 14.6. The van der Waals surface area contributed by atoms with Gasteiger partial charge in [0.05, 0.1) is 0 Å². The third-order valence-electron chi connectivity index (χ3n) is 5.25. The van der Waals surface area contributed by atoms with E-state index in [1.807, 2.05) is 39.0 Å². The zero-order valence-electron chi connectivity index (χ0n) is 24.0. The number of benzene rings is 1. The van der Waals surface area contributed by atoms with Gasteiger partial charge in [-0.25, -0.2) is 14.4 Å². The fraction of sp³-hybridized carbons (Fsp3) is 0.679. The molecule has 0 spiro atoms. The number of carbonyl (C=O) groups excluding carboxylic acids is 2. The van der Waals surface area contributed by atoms with Crippen molar-refractivity contribution < 1.29 is 29.0 Å². The second-order valence-electron chi connectivity index (χ2n) is 11.2. The highest BCUT2D eigenvalue weighted by molar-refractivity contribution is 5.68. The van der Waals surface area contributed by atoms with Gasteiger partial charge in [-0.15, -0.1) is 0 Å². The van der Waals surface area contributed by atoms with Crippen LogP contribution in [-0.2, 0) is 16.0 Å². The van der Waals surface area contributed by atoms with Crippen LogP contribution < -0.4 is 10.6 Å². The Hall–Kier alpha value is -3.01.